The van der Waals surface area contributed by atoms with Crippen molar-refractivity contribution >= 4 is 17.4 Å². The molecule has 1 aliphatic rings. The van der Waals surface area contributed by atoms with Crippen LogP contribution in [0.3, 0.4) is 0 Å². The van der Waals surface area contributed by atoms with E-state index in [0.29, 0.717) is 53.1 Å². The van der Waals surface area contributed by atoms with Crippen molar-refractivity contribution in [2.24, 2.45) is 5.92 Å². The number of methoxy groups -OCH3 is 2. The molecule has 1 aromatic heterocycles. The zero-order valence-electron chi connectivity index (χ0n) is 21.9. The van der Waals surface area contributed by atoms with Gasteiger partial charge in [0.15, 0.2) is 17.3 Å². The summed E-state index contributed by atoms with van der Waals surface area (Å²) in [5.41, 5.74) is 2.32. The van der Waals surface area contributed by atoms with Crippen LogP contribution in [0.5, 0.6) is 11.5 Å². The Morgan fingerprint density at radius 2 is 1.77 bits per heavy atom. The van der Waals surface area contributed by atoms with Crippen LogP contribution in [0.25, 0.3) is 11.4 Å². The van der Waals surface area contributed by atoms with Gasteiger partial charge in [0.05, 0.1) is 32.4 Å². The van der Waals surface area contributed by atoms with Gasteiger partial charge in [0.2, 0.25) is 17.6 Å². The van der Waals surface area contributed by atoms with Crippen LogP contribution in [-0.2, 0) is 11.3 Å². The number of amides is 1. The molecule has 1 amide bonds. The fourth-order valence-electron chi connectivity index (χ4n) is 4.79. The van der Waals surface area contributed by atoms with E-state index in [0.717, 1.165) is 24.9 Å². The predicted molar refractivity (Wildman–Crippen MR) is 146 cm³/mol. The number of hydrogen-bond acceptors (Lipinski definition) is 8. The number of para-hydroxylation sites is 1. The fraction of sp³-hybridized carbons (Fsp3) is 0.267. The fourth-order valence-corrected chi connectivity index (χ4v) is 4.79. The molecule has 0 bridgehead atoms. The monoisotopic (exact) mass is 526 g/mol. The van der Waals surface area contributed by atoms with Crippen LogP contribution in [0.15, 0.2) is 77.3 Å². The zero-order chi connectivity index (χ0) is 27.2. The number of benzene rings is 3. The quantitative estimate of drug-likeness (QED) is 0.309. The maximum atomic E-state index is 13.3. The molecule has 1 fully saturated rings. The van der Waals surface area contributed by atoms with Gasteiger partial charge in [0.1, 0.15) is 0 Å². The Balaban J connectivity index is 1.23. The number of aromatic nitrogens is 2. The third-order valence-corrected chi connectivity index (χ3v) is 6.81. The molecule has 1 N–H and O–H groups in total. The van der Waals surface area contributed by atoms with Crippen molar-refractivity contribution in [1.82, 2.24) is 15.0 Å². The molecule has 1 saturated heterocycles. The molecule has 0 spiro atoms. The van der Waals surface area contributed by atoms with Crippen LogP contribution < -0.4 is 14.8 Å². The lowest BCUT2D eigenvalue weighted by molar-refractivity contribution is -0.121. The predicted octanol–water partition coefficient (Wildman–Crippen LogP) is 4.84. The van der Waals surface area contributed by atoms with E-state index in [4.69, 9.17) is 14.0 Å². The van der Waals surface area contributed by atoms with Crippen LogP contribution in [0.2, 0.25) is 0 Å². The summed E-state index contributed by atoms with van der Waals surface area (Å²) in [6, 6.07) is 21.6. The highest BCUT2D eigenvalue weighted by atomic mass is 16.5. The summed E-state index contributed by atoms with van der Waals surface area (Å²) in [6.07, 6.45) is 1.62. The van der Waals surface area contributed by atoms with Gasteiger partial charge >= 0.3 is 0 Å². The number of nitrogens with zero attached hydrogens (tertiary/aromatic N) is 3. The largest absolute Gasteiger partial charge is 0.493 e. The van der Waals surface area contributed by atoms with E-state index in [9.17, 15) is 9.59 Å². The number of anilines is 1. The van der Waals surface area contributed by atoms with Gasteiger partial charge in [-0.2, -0.15) is 4.98 Å². The second kappa shape index (κ2) is 11.9. The summed E-state index contributed by atoms with van der Waals surface area (Å²) in [4.78, 5) is 33.0. The average Bonchev–Trinajstić information content (AvgIpc) is 3.45. The first-order chi connectivity index (χ1) is 19.1. The van der Waals surface area contributed by atoms with Crippen LogP contribution in [0.1, 0.15) is 34.7 Å². The van der Waals surface area contributed by atoms with Gasteiger partial charge in [0.25, 0.3) is 0 Å². The number of nitrogens with one attached hydrogen (secondary N) is 1. The molecular formula is C30H30N4O5. The molecule has 9 heteroatoms. The molecular weight excluding hydrogens is 496 g/mol. The normalized spacial score (nSPS) is 15.5. The van der Waals surface area contributed by atoms with Crippen LogP contribution >= 0.6 is 0 Å². The zero-order valence-corrected chi connectivity index (χ0v) is 21.9. The molecule has 4 aromatic rings. The first kappa shape index (κ1) is 26.1. The van der Waals surface area contributed by atoms with Gasteiger partial charge in [0, 0.05) is 23.2 Å². The third-order valence-electron chi connectivity index (χ3n) is 6.81. The number of carbonyl (C=O) groups is 2. The van der Waals surface area contributed by atoms with Gasteiger partial charge < -0.3 is 19.3 Å². The van der Waals surface area contributed by atoms with Crippen molar-refractivity contribution in [1.29, 1.82) is 0 Å². The van der Waals surface area contributed by atoms with Gasteiger partial charge in [-0.25, -0.2) is 0 Å². The smallest absolute Gasteiger partial charge is 0.241 e. The van der Waals surface area contributed by atoms with Crippen molar-refractivity contribution in [3.63, 3.8) is 0 Å². The maximum absolute atomic E-state index is 13.3. The highest BCUT2D eigenvalue weighted by Gasteiger charge is 2.28. The number of rotatable bonds is 9. The minimum absolute atomic E-state index is 0.107. The van der Waals surface area contributed by atoms with Crippen molar-refractivity contribution in [2.75, 3.05) is 32.6 Å². The lowest BCUT2D eigenvalue weighted by atomic mass is 9.96. The molecule has 3 aromatic carbocycles. The average molecular weight is 527 g/mol. The standard InChI is InChI=1S/C30H30N4O5/c1-37-25-15-14-21(17-26(25)38-2)29-32-27(39-33-29)19-34-16-8-11-22(18-34)30(36)31-24-13-7-6-12-23(24)28(35)20-9-4-3-5-10-20/h3-7,9-10,12-15,17,22H,8,11,16,18-19H2,1-2H3,(H,31,36). The van der Waals surface area contributed by atoms with Gasteiger partial charge in [-0.15, -0.1) is 0 Å². The molecule has 0 radical (unpaired) electrons. The summed E-state index contributed by atoms with van der Waals surface area (Å²) < 4.78 is 16.2. The lowest BCUT2D eigenvalue weighted by Gasteiger charge is -2.31. The summed E-state index contributed by atoms with van der Waals surface area (Å²) in [7, 11) is 3.16. The summed E-state index contributed by atoms with van der Waals surface area (Å²) in [5.74, 6) is 1.67. The summed E-state index contributed by atoms with van der Waals surface area (Å²) in [6.45, 7) is 1.81. The molecule has 5 rings (SSSR count). The molecule has 9 nitrogen and oxygen atoms in total. The van der Waals surface area contributed by atoms with Crippen molar-refractivity contribution in [3.05, 3.63) is 89.8 Å². The first-order valence-electron chi connectivity index (χ1n) is 12.8. The number of piperidine rings is 1. The Labute approximate surface area is 226 Å². The topological polar surface area (TPSA) is 107 Å². The van der Waals surface area contributed by atoms with Crippen LogP contribution in [0, 0.1) is 5.92 Å². The number of hydrogen-bond donors (Lipinski definition) is 1. The molecule has 0 aliphatic carbocycles. The van der Waals surface area contributed by atoms with Crippen LogP contribution in [-0.4, -0.2) is 54.0 Å². The number of ketones is 1. The highest BCUT2D eigenvalue weighted by Crippen LogP contribution is 2.31. The molecule has 39 heavy (non-hydrogen) atoms. The minimum Gasteiger partial charge on any atom is -0.493 e. The number of ether oxygens (including phenoxy) is 2. The second-order valence-corrected chi connectivity index (χ2v) is 9.39. The van der Waals surface area contributed by atoms with Crippen molar-refractivity contribution in [3.8, 4) is 22.9 Å². The highest BCUT2D eigenvalue weighted by molar-refractivity contribution is 6.13. The Morgan fingerprint density at radius 1 is 1.00 bits per heavy atom. The molecule has 0 saturated carbocycles. The molecule has 1 aliphatic heterocycles. The Morgan fingerprint density at radius 3 is 2.56 bits per heavy atom. The SMILES string of the molecule is COc1ccc(-c2noc(CN3CCCC(C(=O)Nc4ccccc4C(=O)c4ccccc4)C3)n2)cc1OC. The minimum atomic E-state index is -0.230. The summed E-state index contributed by atoms with van der Waals surface area (Å²) >= 11 is 0. The number of carbonyl (C=O) groups excluding carboxylic acids is 2. The Kier molecular flexibility index (Phi) is 7.98. The molecule has 200 valence electrons. The summed E-state index contributed by atoms with van der Waals surface area (Å²) in [5, 5.41) is 7.12. The molecule has 1 unspecified atom stereocenters. The van der Waals surface area contributed by atoms with E-state index in [1.54, 1.807) is 56.7 Å². The lowest BCUT2D eigenvalue weighted by Crippen LogP contribution is -2.40. The molecule has 2 heterocycles. The third kappa shape index (κ3) is 5.99. The van der Waals surface area contributed by atoms with Gasteiger partial charge in [-0.3, -0.25) is 14.5 Å². The van der Waals surface area contributed by atoms with E-state index >= 15 is 0 Å². The van der Waals surface area contributed by atoms with E-state index in [1.807, 2.05) is 30.3 Å². The van der Waals surface area contributed by atoms with Crippen LogP contribution in [0.4, 0.5) is 5.69 Å². The van der Waals surface area contributed by atoms with E-state index in [1.165, 1.54) is 0 Å². The maximum Gasteiger partial charge on any atom is 0.241 e. The van der Waals surface area contributed by atoms with Gasteiger partial charge in [-0.05, 0) is 49.7 Å². The number of likely N-dealkylation sites (tertiary alicyclic amines) is 1. The van der Waals surface area contributed by atoms with Crippen molar-refractivity contribution < 1.29 is 23.6 Å². The first-order valence-corrected chi connectivity index (χ1v) is 12.8. The second-order valence-electron chi connectivity index (χ2n) is 9.39. The Bertz CT molecular complexity index is 1450. The van der Waals surface area contributed by atoms with Crippen molar-refractivity contribution in [2.45, 2.75) is 19.4 Å². The van der Waals surface area contributed by atoms with E-state index in [2.05, 4.69) is 20.4 Å². The molecule has 1 atom stereocenters. The van der Waals surface area contributed by atoms with E-state index < -0.39 is 0 Å². The Hall–Kier alpha value is -4.50. The van der Waals surface area contributed by atoms with Gasteiger partial charge in [-0.1, -0.05) is 47.6 Å². The van der Waals surface area contributed by atoms with E-state index in [-0.39, 0.29) is 17.6 Å².